The first-order valence-electron chi connectivity index (χ1n) is 10.2. The number of nitrogens with zero attached hydrogens (tertiary/aromatic N) is 1. The topological polar surface area (TPSA) is 91.8 Å². The predicted octanol–water partition coefficient (Wildman–Crippen LogP) is 4.08. The van der Waals surface area contributed by atoms with Crippen LogP contribution in [0.4, 0.5) is 0 Å². The molecule has 0 bridgehead atoms. The Morgan fingerprint density at radius 3 is 2.27 bits per heavy atom. The third kappa shape index (κ3) is 3.68. The number of fused-ring (bicyclic) bond motifs is 2. The molecule has 0 fully saturated rings. The number of carbonyl (C=O) groups is 1. The van der Waals surface area contributed by atoms with E-state index < -0.39 is 15.6 Å². The lowest BCUT2D eigenvalue weighted by Gasteiger charge is -2.20. The number of ketones is 1. The molecule has 2 heterocycles. The van der Waals surface area contributed by atoms with Gasteiger partial charge in [0.2, 0.25) is 9.84 Å². The Kier molecular flexibility index (Phi) is 5.22. The zero-order chi connectivity index (χ0) is 23.0. The first-order valence-corrected chi connectivity index (χ1v) is 11.7. The Labute approximate surface area is 190 Å². The number of carbonyl (C=O) groups excluding carboxylic acids is 1. The van der Waals surface area contributed by atoms with Crippen LogP contribution in [0.25, 0.3) is 10.9 Å². The zero-order valence-corrected chi connectivity index (χ0v) is 18.5. The predicted molar refractivity (Wildman–Crippen MR) is 121 cm³/mol. The molecule has 5 rings (SSSR count). The number of hydrogen-bond donors (Lipinski definition) is 0. The van der Waals surface area contributed by atoms with Gasteiger partial charge in [0.05, 0.1) is 28.0 Å². The van der Waals surface area contributed by atoms with E-state index >= 15 is 0 Å². The highest BCUT2D eigenvalue weighted by Gasteiger charge is 2.30. The van der Waals surface area contributed by atoms with Gasteiger partial charge in [-0.3, -0.25) is 9.78 Å². The monoisotopic (exact) mass is 461 g/mol. The van der Waals surface area contributed by atoms with Crippen molar-refractivity contribution in [3.63, 3.8) is 0 Å². The molecule has 1 aromatic heterocycles. The molecule has 0 amide bonds. The van der Waals surface area contributed by atoms with Crippen LogP contribution < -0.4 is 14.2 Å². The van der Waals surface area contributed by atoms with E-state index in [1.54, 1.807) is 54.6 Å². The molecular weight excluding hydrogens is 442 g/mol. The minimum absolute atomic E-state index is 0.0128. The molecule has 0 radical (unpaired) electrons. The van der Waals surface area contributed by atoms with Crippen LogP contribution in [0.3, 0.4) is 0 Å². The zero-order valence-electron chi connectivity index (χ0n) is 17.6. The number of rotatable bonds is 5. The smallest absolute Gasteiger partial charge is 0.208 e. The van der Waals surface area contributed by atoms with Crippen LogP contribution in [0.5, 0.6) is 17.2 Å². The summed E-state index contributed by atoms with van der Waals surface area (Å²) in [4.78, 5) is 17.7. The van der Waals surface area contributed by atoms with Gasteiger partial charge in [-0.15, -0.1) is 0 Å². The fourth-order valence-electron chi connectivity index (χ4n) is 3.77. The van der Waals surface area contributed by atoms with Crippen molar-refractivity contribution in [1.29, 1.82) is 0 Å². The molecule has 0 aliphatic carbocycles. The average molecular weight is 461 g/mol. The standard InChI is InChI=1S/C25H19NO6S/c1-30-17-7-9-18(10-8-17)33(28,29)25-19-13-22-23(32-12-11-31-22)14-21(19)26-15-20(25)24(27)16-5-3-2-4-6-16/h2-10,13-15H,11-12H2,1H3. The number of aromatic nitrogens is 1. The lowest BCUT2D eigenvalue weighted by Crippen LogP contribution is -2.16. The van der Waals surface area contributed by atoms with Gasteiger partial charge in [-0.25, -0.2) is 8.42 Å². The summed E-state index contributed by atoms with van der Waals surface area (Å²) >= 11 is 0. The highest BCUT2D eigenvalue weighted by molar-refractivity contribution is 7.91. The normalized spacial score (nSPS) is 13.0. The van der Waals surface area contributed by atoms with Crippen LogP contribution >= 0.6 is 0 Å². The van der Waals surface area contributed by atoms with Gasteiger partial charge in [-0.1, -0.05) is 30.3 Å². The number of pyridine rings is 1. The molecule has 0 saturated heterocycles. The van der Waals surface area contributed by atoms with Gasteiger partial charge in [0.1, 0.15) is 19.0 Å². The summed E-state index contributed by atoms with van der Waals surface area (Å²) in [5.74, 6) is 0.975. The van der Waals surface area contributed by atoms with Crippen molar-refractivity contribution in [3.05, 3.63) is 84.1 Å². The van der Waals surface area contributed by atoms with Gasteiger partial charge in [-0.2, -0.15) is 0 Å². The third-order valence-electron chi connectivity index (χ3n) is 5.40. The van der Waals surface area contributed by atoms with Crippen molar-refractivity contribution in [2.45, 2.75) is 9.79 Å². The van der Waals surface area contributed by atoms with Crippen LogP contribution in [0, 0.1) is 0 Å². The maximum atomic E-state index is 13.9. The number of ether oxygens (including phenoxy) is 3. The van der Waals surface area contributed by atoms with Crippen molar-refractivity contribution in [2.75, 3.05) is 20.3 Å². The van der Waals surface area contributed by atoms with E-state index in [-0.39, 0.29) is 20.7 Å². The molecule has 0 atom stereocenters. The number of sulfone groups is 1. The summed E-state index contributed by atoms with van der Waals surface area (Å²) in [6.45, 7) is 0.731. The number of methoxy groups -OCH3 is 1. The molecule has 0 unspecified atom stereocenters. The first-order chi connectivity index (χ1) is 16.0. The van der Waals surface area contributed by atoms with E-state index in [9.17, 15) is 13.2 Å². The second kappa shape index (κ2) is 8.22. The lowest BCUT2D eigenvalue weighted by atomic mass is 10.0. The van der Waals surface area contributed by atoms with Crippen LogP contribution in [0.15, 0.2) is 82.7 Å². The summed E-state index contributed by atoms with van der Waals surface area (Å²) in [5, 5.41) is 0.289. The fourth-order valence-corrected chi connectivity index (χ4v) is 5.39. The molecular formula is C25H19NO6S. The summed E-state index contributed by atoms with van der Waals surface area (Å²) in [5.41, 5.74) is 0.736. The summed E-state index contributed by atoms with van der Waals surface area (Å²) < 4.78 is 44.2. The number of hydrogen-bond acceptors (Lipinski definition) is 7. The van der Waals surface area contributed by atoms with Crippen LogP contribution in [-0.2, 0) is 9.84 Å². The summed E-state index contributed by atoms with van der Waals surface area (Å²) in [6.07, 6.45) is 1.31. The molecule has 1 aliphatic heterocycles. The Bertz CT molecular complexity index is 1460. The molecule has 8 heteroatoms. The molecule has 4 aromatic rings. The molecule has 1 aliphatic rings. The van der Waals surface area contributed by atoms with Gasteiger partial charge in [-0.05, 0) is 30.3 Å². The van der Waals surface area contributed by atoms with Crippen molar-refractivity contribution in [2.24, 2.45) is 0 Å². The Morgan fingerprint density at radius 1 is 0.939 bits per heavy atom. The third-order valence-corrected chi connectivity index (χ3v) is 7.27. The van der Waals surface area contributed by atoms with E-state index in [0.29, 0.717) is 41.5 Å². The average Bonchev–Trinajstić information content (AvgIpc) is 2.86. The Balaban J connectivity index is 1.79. The second-order valence-electron chi connectivity index (χ2n) is 7.39. The van der Waals surface area contributed by atoms with E-state index in [1.807, 2.05) is 0 Å². The molecule has 166 valence electrons. The quantitative estimate of drug-likeness (QED) is 0.414. The summed E-state index contributed by atoms with van der Waals surface area (Å²) in [6, 6.07) is 17.8. The first kappa shape index (κ1) is 21.0. The minimum Gasteiger partial charge on any atom is -0.497 e. The fraction of sp³-hybridized carbons (Fsp3) is 0.120. The van der Waals surface area contributed by atoms with E-state index in [0.717, 1.165) is 0 Å². The van der Waals surface area contributed by atoms with E-state index in [2.05, 4.69) is 4.98 Å². The van der Waals surface area contributed by atoms with Crippen molar-refractivity contribution < 1.29 is 27.4 Å². The van der Waals surface area contributed by atoms with Crippen LogP contribution in [0.2, 0.25) is 0 Å². The highest BCUT2D eigenvalue weighted by Crippen LogP contribution is 2.39. The van der Waals surface area contributed by atoms with Crippen molar-refractivity contribution in [3.8, 4) is 17.2 Å². The molecule has 0 saturated carbocycles. The number of benzene rings is 3. The van der Waals surface area contributed by atoms with E-state index in [4.69, 9.17) is 14.2 Å². The second-order valence-corrected chi connectivity index (χ2v) is 9.27. The largest absolute Gasteiger partial charge is 0.497 e. The van der Waals surface area contributed by atoms with Gasteiger partial charge >= 0.3 is 0 Å². The maximum absolute atomic E-state index is 13.9. The molecule has 0 N–H and O–H groups in total. The highest BCUT2D eigenvalue weighted by atomic mass is 32.2. The molecule has 3 aromatic carbocycles. The Hall–Kier alpha value is -3.91. The minimum atomic E-state index is -4.11. The SMILES string of the molecule is COc1ccc(S(=O)(=O)c2c(C(=O)c3ccccc3)cnc3cc4c(cc23)OCCO4)cc1. The molecule has 7 nitrogen and oxygen atoms in total. The van der Waals surface area contributed by atoms with Gasteiger partial charge < -0.3 is 14.2 Å². The van der Waals surface area contributed by atoms with E-state index in [1.165, 1.54) is 25.4 Å². The van der Waals surface area contributed by atoms with Crippen LogP contribution in [-0.4, -0.2) is 39.5 Å². The van der Waals surface area contributed by atoms with Gasteiger partial charge in [0, 0.05) is 23.2 Å². The lowest BCUT2D eigenvalue weighted by molar-refractivity contribution is 0.103. The Morgan fingerprint density at radius 2 is 1.61 bits per heavy atom. The van der Waals surface area contributed by atoms with Crippen molar-refractivity contribution >= 4 is 26.5 Å². The van der Waals surface area contributed by atoms with Crippen molar-refractivity contribution in [1.82, 2.24) is 4.98 Å². The molecule has 33 heavy (non-hydrogen) atoms. The summed E-state index contributed by atoms with van der Waals surface area (Å²) in [7, 11) is -2.61. The maximum Gasteiger partial charge on any atom is 0.208 e. The molecule has 0 spiro atoms. The van der Waals surface area contributed by atoms with Gasteiger partial charge in [0.25, 0.3) is 0 Å². The van der Waals surface area contributed by atoms with Crippen LogP contribution in [0.1, 0.15) is 15.9 Å². The van der Waals surface area contributed by atoms with Gasteiger partial charge in [0.15, 0.2) is 17.3 Å².